The lowest BCUT2D eigenvalue weighted by Crippen LogP contribution is -2.43. The van der Waals surface area contributed by atoms with Crippen molar-refractivity contribution in [2.45, 2.75) is 63.5 Å². The van der Waals surface area contributed by atoms with Gasteiger partial charge in [-0.3, -0.25) is 9.59 Å². The zero-order valence-corrected chi connectivity index (χ0v) is 15.5. The van der Waals surface area contributed by atoms with Gasteiger partial charge >= 0.3 is 5.97 Å². The Morgan fingerprint density at radius 2 is 1.44 bits per heavy atom. The highest BCUT2D eigenvalue weighted by Crippen LogP contribution is 2.28. The number of benzene rings is 1. The first-order valence-corrected chi connectivity index (χ1v) is 9.93. The Morgan fingerprint density at radius 1 is 0.852 bits per heavy atom. The predicted octanol–water partition coefficient (Wildman–Crippen LogP) is 2.79. The van der Waals surface area contributed by atoms with E-state index in [1.54, 1.807) is 24.3 Å². The molecule has 0 aromatic heterocycles. The standard InChI is InChI=1S/C21H28N2O4/c24-19(15-8-4-5-9-15)22-17-12-10-16(11-13-17)20(25)23-18(21(26)27)14-6-2-1-3-7-14/h1-3,6-7,15-18H,4-5,8-13H2,(H,22,24)(H,23,25)(H,26,27). The molecule has 0 radical (unpaired) electrons. The summed E-state index contributed by atoms with van der Waals surface area (Å²) >= 11 is 0. The van der Waals surface area contributed by atoms with Crippen LogP contribution in [-0.4, -0.2) is 28.9 Å². The summed E-state index contributed by atoms with van der Waals surface area (Å²) in [5.74, 6) is -1.15. The third-order valence-corrected chi connectivity index (χ3v) is 5.84. The Balaban J connectivity index is 1.49. The fourth-order valence-corrected chi connectivity index (χ4v) is 4.20. The summed E-state index contributed by atoms with van der Waals surface area (Å²) in [5.41, 5.74) is 0.566. The van der Waals surface area contributed by atoms with Crippen molar-refractivity contribution in [2.24, 2.45) is 11.8 Å². The van der Waals surface area contributed by atoms with Crippen LogP contribution in [0.3, 0.4) is 0 Å². The quantitative estimate of drug-likeness (QED) is 0.715. The molecule has 0 saturated heterocycles. The Hall–Kier alpha value is -2.37. The normalized spacial score (nSPS) is 24.1. The van der Waals surface area contributed by atoms with Crippen LogP contribution >= 0.6 is 0 Å². The van der Waals surface area contributed by atoms with Crippen LogP contribution < -0.4 is 10.6 Å². The molecule has 2 aliphatic carbocycles. The van der Waals surface area contributed by atoms with E-state index in [4.69, 9.17) is 0 Å². The van der Waals surface area contributed by atoms with Crippen LogP contribution in [0, 0.1) is 11.8 Å². The van der Waals surface area contributed by atoms with Crippen LogP contribution in [0.2, 0.25) is 0 Å². The van der Waals surface area contributed by atoms with Crippen LogP contribution in [0.1, 0.15) is 63.0 Å². The van der Waals surface area contributed by atoms with Gasteiger partial charge in [0.05, 0.1) is 0 Å². The average Bonchev–Trinajstić information content (AvgIpc) is 3.22. The number of hydrogen-bond donors (Lipinski definition) is 3. The van der Waals surface area contributed by atoms with Crippen LogP contribution in [0.15, 0.2) is 30.3 Å². The molecule has 146 valence electrons. The summed E-state index contributed by atoms with van der Waals surface area (Å²) in [5, 5.41) is 15.3. The third kappa shape index (κ3) is 5.08. The van der Waals surface area contributed by atoms with Crippen molar-refractivity contribution >= 4 is 17.8 Å². The molecular formula is C21H28N2O4. The molecule has 1 aromatic carbocycles. The topological polar surface area (TPSA) is 95.5 Å². The van der Waals surface area contributed by atoms with Crippen molar-refractivity contribution in [3.8, 4) is 0 Å². The zero-order valence-electron chi connectivity index (χ0n) is 15.5. The predicted molar refractivity (Wildman–Crippen MR) is 101 cm³/mol. The van der Waals surface area contributed by atoms with E-state index in [2.05, 4.69) is 10.6 Å². The number of aliphatic carboxylic acids is 1. The van der Waals surface area contributed by atoms with E-state index < -0.39 is 12.0 Å². The van der Waals surface area contributed by atoms with Gasteiger partial charge in [-0.05, 0) is 44.1 Å². The van der Waals surface area contributed by atoms with E-state index >= 15 is 0 Å². The van der Waals surface area contributed by atoms with E-state index in [0.29, 0.717) is 18.4 Å². The van der Waals surface area contributed by atoms with Crippen molar-refractivity contribution in [1.82, 2.24) is 10.6 Å². The van der Waals surface area contributed by atoms with Gasteiger partial charge < -0.3 is 15.7 Å². The molecule has 2 amide bonds. The molecule has 3 rings (SSSR count). The number of amides is 2. The number of rotatable bonds is 6. The van der Waals surface area contributed by atoms with Crippen molar-refractivity contribution in [3.63, 3.8) is 0 Å². The number of carbonyl (C=O) groups excluding carboxylic acids is 2. The van der Waals surface area contributed by atoms with E-state index in [1.165, 1.54) is 0 Å². The minimum Gasteiger partial charge on any atom is -0.479 e. The lowest BCUT2D eigenvalue weighted by molar-refractivity contribution is -0.143. The van der Waals surface area contributed by atoms with Crippen LogP contribution in [0.25, 0.3) is 0 Å². The van der Waals surface area contributed by atoms with Gasteiger partial charge in [0.25, 0.3) is 0 Å². The van der Waals surface area contributed by atoms with Gasteiger partial charge in [0.15, 0.2) is 6.04 Å². The van der Waals surface area contributed by atoms with Gasteiger partial charge in [0.2, 0.25) is 11.8 Å². The Labute approximate surface area is 159 Å². The van der Waals surface area contributed by atoms with E-state index in [-0.39, 0.29) is 29.7 Å². The molecule has 3 N–H and O–H groups in total. The number of hydrogen-bond acceptors (Lipinski definition) is 3. The van der Waals surface area contributed by atoms with Gasteiger partial charge in [-0.1, -0.05) is 43.2 Å². The van der Waals surface area contributed by atoms with Crippen LogP contribution in [0.5, 0.6) is 0 Å². The molecule has 0 heterocycles. The van der Waals surface area contributed by atoms with Gasteiger partial charge in [-0.2, -0.15) is 0 Å². The van der Waals surface area contributed by atoms with Crippen LogP contribution in [0.4, 0.5) is 0 Å². The van der Waals surface area contributed by atoms with Gasteiger partial charge in [0, 0.05) is 17.9 Å². The van der Waals surface area contributed by atoms with E-state index in [0.717, 1.165) is 38.5 Å². The molecule has 0 spiro atoms. The number of carboxylic acid groups (broad SMARTS) is 1. The minimum absolute atomic E-state index is 0.131. The summed E-state index contributed by atoms with van der Waals surface area (Å²) in [6.45, 7) is 0. The van der Waals surface area contributed by atoms with Crippen LogP contribution in [-0.2, 0) is 14.4 Å². The van der Waals surface area contributed by atoms with Crippen molar-refractivity contribution < 1.29 is 19.5 Å². The molecule has 2 saturated carbocycles. The third-order valence-electron chi connectivity index (χ3n) is 5.84. The largest absolute Gasteiger partial charge is 0.479 e. The fourth-order valence-electron chi connectivity index (χ4n) is 4.20. The maximum Gasteiger partial charge on any atom is 0.330 e. The lowest BCUT2D eigenvalue weighted by Gasteiger charge is -2.30. The second kappa shape index (κ2) is 9.02. The first kappa shape index (κ1) is 19.4. The van der Waals surface area contributed by atoms with Gasteiger partial charge in [-0.25, -0.2) is 4.79 Å². The first-order valence-electron chi connectivity index (χ1n) is 9.93. The average molecular weight is 372 g/mol. The molecular weight excluding hydrogens is 344 g/mol. The highest BCUT2D eigenvalue weighted by molar-refractivity contribution is 5.86. The Kier molecular flexibility index (Phi) is 6.48. The first-order chi connectivity index (χ1) is 13.0. The Morgan fingerprint density at radius 3 is 2.04 bits per heavy atom. The molecule has 0 aliphatic heterocycles. The molecule has 1 unspecified atom stereocenters. The summed E-state index contributed by atoms with van der Waals surface area (Å²) in [4.78, 5) is 36.4. The highest BCUT2D eigenvalue weighted by atomic mass is 16.4. The summed E-state index contributed by atoms with van der Waals surface area (Å²) in [6, 6.07) is 7.84. The van der Waals surface area contributed by atoms with E-state index in [1.807, 2.05) is 6.07 Å². The molecule has 1 atom stereocenters. The molecule has 6 nitrogen and oxygen atoms in total. The monoisotopic (exact) mass is 372 g/mol. The van der Waals surface area contributed by atoms with Crippen molar-refractivity contribution in [1.29, 1.82) is 0 Å². The summed E-state index contributed by atoms with van der Waals surface area (Å²) in [7, 11) is 0. The van der Waals surface area contributed by atoms with Gasteiger partial charge in [0.1, 0.15) is 0 Å². The number of nitrogens with one attached hydrogen (secondary N) is 2. The minimum atomic E-state index is -1.06. The molecule has 2 fully saturated rings. The smallest absolute Gasteiger partial charge is 0.330 e. The van der Waals surface area contributed by atoms with Crippen molar-refractivity contribution in [2.75, 3.05) is 0 Å². The second-order valence-corrected chi connectivity index (χ2v) is 7.73. The molecule has 0 bridgehead atoms. The highest BCUT2D eigenvalue weighted by Gasteiger charge is 2.31. The Bertz CT molecular complexity index is 662. The number of carboxylic acids is 1. The maximum atomic E-state index is 12.6. The van der Waals surface area contributed by atoms with E-state index in [9.17, 15) is 19.5 Å². The summed E-state index contributed by atoms with van der Waals surface area (Å²) < 4.78 is 0. The molecule has 6 heteroatoms. The van der Waals surface area contributed by atoms with Crippen molar-refractivity contribution in [3.05, 3.63) is 35.9 Å². The maximum absolute atomic E-state index is 12.6. The number of carbonyl (C=O) groups is 3. The zero-order chi connectivity index (χ0) is 19.2. The molecule has 27 heavy (non-hydrogen) atoms. The molecule has 1 aromatic rings. The second-order valence-electron chi connectivity index (χ2n) is 7.73. The summed E-state index contributed by atoms with van der Waals surface area (Å²) in [6.07, 6.45) is 7.11. The SMILES string of the molecule is O=C(NC1CCC(C(=O)NC(C(=O)O)c2ccccc2)CC1)C1CCCC1. The van der Waals surface area contributed by atoms with Gasteiger partial charge in [-0.15, -0.1) is 0 Å². The lowest BCUT2D eigenvalue weighted by atomic mass is 9.85. The molecule has 2 aliphatic rings. The fraction of sp³-hybridized carbons (Fsp3) is 0.571.